The van der Waals surface area contributed by atoms with Crippen LogP contribution in [0.5, 0.6) is 5.75 Å². The van der Waals surface area contributed by atoms with Gasteiger partial charge in [-0.15, -0.1) is 11.3 Å². The molecule has 0 bridgehead atoms. The van der Waals surface area contributed by atoms with Gasteiger partial charge in [-0.25, -0.2) is 4.98 Å². The first-order valence-electron chi connectivity index (χ1n) is 6.32. The number of benzene rings is 1. The number of nitrogens with zero attached hydrogens (tertiary/aromatic N) is 1. The number of nitrogens with one attached hydrogen (secondary N) is 1. The first-order chi connectivity index (χ1) is 9.87. The predicted octanol–water partition coefficient (Wildman–Crippen LogP) is 4.57. The van der Waals surface area contributed by atoms with Crippen molar-refractivity contribution in [3.63, 3.8) is 0 Å². The molecule has 7 heteroatoms. The van der Waals surface area contributed by atoms with Crippen LogP contribution in [0, 0.1) is 6.92 Å². The molecule has 0 saturated heterocycles. The fourth-order valence-electron chi connectivity index (χ4n) is 1.90. The number of aryl methyl sites for hydroxylation is 1. The molecule has 0 aliphatic heterocycles. The van der Waals surface area contributed by atoms with E-state index >= 15 is 0 Å². The van der Waals surface area contributed by atoms with Crippen molar-refractivity contribution in [3.8, 4) is 5.75 Å². The molecule has 0 aliphatic rings. The van der Waals surface area contributed by atoms with Crippen LogP contribution in [0.2, 0.25) is 0 Å². The number of hydrogen-bond acceptors (Lipinski definition) is 4. The zero-order valence-electron chi connectivity index (χ0n) is 11.6. The molecule has 3 nitrogen and oxygen atoms in total. The number of thiazole rings is 1. The summed E-state index contributed by atoms with van der Waals surface area (Å²) in [5.41, 5.74) is 3.19. The number of rotatable bonds is 5. The molecule has 0 fully saturated rings. The van der Waals surface area contributed by atoms with Gasteiger partial charge in [0.05, 0.1) is 22.9 Å². The Morgan fingerprint density at radius 1 is 1.33 bits per heavy atom. The van der Waals surface area contributed by atoms with E-state index in [0.717, 1.165) is 10.6 Å². The Kier molecular flexibility index (Phi) is 4.72. The molecule has 0 radical (unpaired) electrons. The zero-order valence-corrected chi connectivity index (χ0v) is 12.4. The van der Waals surface area contributed by atoms with Crippen molar-refractivity contribution in [2.75, 3.05) is 11.9 Å². The first kappa shape index (κ1) is 15.6. The van der Waals surface area contributed by atoms with E-state index in [2.05, 4.69) is 10.3 Å². The SMILES string of the molecule is Cc1ncsc1C(C)Nc1ccccc1OCC(F)(F)F. The quantitative estimate of drug-likeness (QED) is 0.877. The number of alkyl halides is 3. The van der Waals surface area contributed by atoms with E-state index < -0.39 is 12.8 Å². The zero-order chi connectivity index (χ0) is 15.5. The average molecular weight is 316 g/mol. The van der Waals surface area contributed by atoms with Gasteiger partial charge in [-0.05, 0) is 26.0 Å². The molecule has 0 amide bonds. The summed E-state index contributed by atoms with van der Waals surface area (Å²) in [4.78, 5) is 5.21. The van der Waals surface area contributed by atoms with Gasteiger partial charge >= 0.3 is 6.18 Å². The maximum Gasteiger partial charge on any atom is 0.422 e. The highest BCUT2D eigenvalue weighted by Gasteiger charge is 2.28. The number of halogens is 3. The van der Waals surface area contributed by atoms with Crippen LogP contribution in [0.25, 0.3) is 0 Å². The molecule has 0 spiro atoms. The first-order valence-corrected chi connectivity index (χ1v) is 7.20. The Morgan fingerprint density at radius 2 is 2.05 bits per heavy atom. The molecule has 1 unspecified atom stereocenters. The molecule has 2 rings (SSSR count). The second-order valence-corrected chi connectivity index (χ2v) is 5.45. The van der Waals surface area contributed by atoms with Crippen LogP contribution in [0.4, 0.5) is 18.9 Å². The van der Waals surface area contributed by atoms with Gasteiger partial charge in [0.1, 0.15) is 5.75 Å². The van der Waals surface area contributed by atoms with Crippen molar-refractivity contribution >= 4 is 17.0 Å². The molecule has 1 atom stereocenters. The monoisotopic (exact) mass is 316 g/mol. The average Bonchev–Trinajstić information content (AvgIpc) is 2.83. The van der Waals surface area contributed by atoms with Gasteiger partial charge in [-0.2, -0.15) is 13.2 Å². The highest BCUT2D eigenvalue weighted by molar-refractivity contribution is 7.09. The topological polar surface area (TPSA) is 34.2 Å². The lowest BCUT2D eigenvalue weighted by molar-refractivity contribution is -0.153. The van der Waals surface area contributed by atoms with Gasteiger partial charge in [0.25, 0.3) is 0 Å². The molecule has 0 aliphatic carbocycles. The maximum atomic E-state index is 12.3. The van der Waals surface area contributed by atoms with Gasteiger partial charge in [0.15, 0.2) is 6.61 Å². The van der Waals surface area contributed by atoms with Crippen LogP contribution in [-0.2, 0) is 0 Å². The molecule has 21 heavy (non-hydrogen) atoms. The van der Waals surface area contributed by atoms with E-state index in [1.807, 2.05) is 13.8 Å². The lowest BCUT2D eigenvalue weighted by Crippen LogP contribution is -2.20. The fourth-order valence-corrected chi connectivity index (χ4v) is 2.71. The Morgan fingerprint density at radius 3 is 2.67 bits per heavy atom. The lowest BCUT2D eigenvalue weighted by atomic mass is 10.2. The summed E-state index contributed by atoms with van der Waals surface area (Å²) in [5, 5.41) is 3.17. The predicted molar refractivity (Wildman–Crippen MR) is 76.9 cm³/mol. The standard InChI is InChI=1S/C14H15F3N2OS/c1-9-13(21-8-18-9)10(2)19-11-5-3-4-6-12(11)20-7-14(15,16)17/h3-6,8,10,19H,7H2,1-2H3. The summed E-state index contributed by atoms with van der Waals surface area (Å²) in [7, 11) is 0. The minimum Gasteiger partial charge on any atom is -0.482 e. The van der Waals surface area contributed by atoms with Crippen LogP contribution in [0.3, 0.4) is 0 Å². The molecule has 1 aromatic heterocycles. The summed E-state index contributed by atoms with van der Waals surface area (Å²) in [5.74, 6) is 0.184. The Balaban J connectivity index is 2.11. The van der Waals surface area contributed by atoms with Crippen LogP contribution >= 0.6 is 11.3 Å². The number of hydrogen-bond donors (Lipinski definition) is 1. The molecular formula is C14H15F3N2OS. The van der Waals surface area contributed by atoms with Crippen LogP contribution < -0.4 is 10.1 Å². The van der Waals surface area contributed by atoms with Crippen molar-refractivity contribution in [3.05, 3.63) is 40.3 Å². The number of para-hydroxylation sites is 2. The second kappa shape index (κ2) is 6.34. The molecule has 114 valence electrons. The van der Waals surface area contributed by atoms with E-state index in [-0.39, 0.29) is 11.8 Å². The Hall–Kier alpha value is -1.76. The van der Waals surface area contributed by atoms with Gasteiger partial charge in [0, 0.05) is 4.88 Å². The summed E-state index contributed by atoms with van der Waals surface area (Å²) in [6, 6.07) is 6.53. The van der Waals surface area contributed by atoms with Crippen molar-refractivity contribution < 1.29 is 17.9 Å². The molecule has 2 aromatic rings. The third-order valence-corrected chi connectivity index (χ3v) is 3.94. The third-order valence-electron chi connectivity index (χ3n) is 2.83. The van der Waals surface area contributed by atoms with Crippen molar-refractivity contribution in [1.82, 2.24) is 4.98 Å². The normalized spacial score (nSPS) is 13.0. The summed E-state index contributed by atoms with van der Waals surface area (Å²) in [6.07, 6.45) is -4.35. The minimum absolute atomic E-state index is 0.0619. The lowest BCUT2D eigenvalue weighted by Gasteiger charge is -2.18. The van der Waals surface area contributed by atoms with Gasteiger partial charge in [0.2, 0.25) is 0 Å². The highest BCUT2D eigenvalue weighted by atomic mass is 32.1. The van der Waals surface area contributed by atoms with E-state index in [4.69, 9.17) is 4.74 Å². The summed E-state index contributed by atoms with van der Waals surface area (Å²) < 4.78 is 41.6. The Labute approximate surface area is 124 Å². The summed E-state index contributed by atoms with van der Waals surface area (Å²) >= 11 is 1.51. The minimum atomic E-state index is -4.35. The van der Waals surface area contributed by atoms with Crippen LogP contribution in [0.1, 0.15) is 23.5 Å². The van der Waals surface area contributed by atoms with Crippen molar-refractivity contribution in [2.45, 2.75) is 26.1 Å². The third kappa shape index (κ3) is 4.35. The van der Waals surface area contributed by atoms with E-state index in [9.17, 15) is 13.2 Å². The van der Waals surface area contributed by atoms with Gasteiger partial charge < -0.3 is 10.1 Å². The van der Waals surface area contributed by atoms with Gasteiger partial charge in [-0.1, -0.05) is 12.1 Å². The van der Waals surface area contributed by atoms with Crippen LogP contribution in [-0.4, -0.2) is 17.8 Å². The van der Waals surface area contributed by atoms with Crippen molar-refractivity contribution in [2.24, 2.45) is 0 Å². The summed E-state index contributed by atoms with van der Waals surface area (Å²) in [6.45, 7) is 2.52. The fraction of sp³-hybridized carbons (Fsp3) is 0.357. The molecule has 1 N–H and O–H groups in total. The number of anilines is 1. The van der Waals surface area contributed by atoms with E-state index in [1.165, 1.54) is 17.4 Å². The smallest absolute Gasteiger partial charge is 0.422 e. The van der Waals surface area contributed by atoms with Gasteiger partial charge in [-0.3, -0.25) is 0 Å². The van der Waals surface area contributed by atoms with E-state index in [1.54, 1.807) is 23.7 Å². The van der Waals surface area contributed by atoms with E-state index in [0.29, 0.717) is 5.69 Å². The van der Waals surface area contributed by atoms with Crippen LogP contribution in [0.15, 0.2) is 29.8 Å². The number of ether oxygens (including phenoxy) is 1. The molecule has 1 aromatic carbocycles. The largest absolute Gasteiger partial charge is 0.482 e. The highest BCUT2D eigenvalue weighted by Crippen LogP contribution is 2.31. The second-order valence-electron chi connectivity index (χ2n) is 4.57. The van der Waals surface area contributed by atoms with Crippen molar-refractivity contribution in [1.29, 1.82) is 0 Å². The molecular weight excluding hydrogens is 301 g/mol. The molecule has 0 saturated carbocycles. The Bertz CT molecular complexity index is 598. The molecule has 1 heterocycles. The number of aromatic nitrogens is 1. The maximum absolute atomic E-state index is 12.3.